The van der Waals surface area contributed by atoms with Gasteiger partial charge in [0.25, 0.3) is 0 Å². The van der Waals surface area contributed by atoms with Gasteiger partial charge in [0.2, 0.25) is 0 Å². The van der Waals surface area contributed by atoms with Crippen LogP contribution in [-0.2, 0) is 4.74 Å². The number of benzene rings is 1. The lowest BCUT2D eigenvalue weighted by molar-refractivity contribution is -0.0174. The summed E-state index contributed by atoms with van der Waals surface area (Å²) in [5.41, 5.74) is 1.02. The predicted molar refractivity (Wildman–Crippen MR) is 124 cm³/mol. The van der Waals surface area contributed by atoms with E-state index in [4.69, 9.17) is 14.2 Å². The Labute approximate surface area is 186 Å². The second kappa shape index (κ2) is 12.3. The van der Waals surface area contributed by atoms with Crippen molar-refractivity contribution >= 4 is 29.9 Å². The number of nitrogens with zero attached hydrogens (tertiary/aromatic N) is 2. The molecule has 2 rings (SSSR count). The second-order valence-electron chi connectivity index (χ2n) is 6.94. The van der Waals surface area contributed by atoms with E-state index in [1.54, 1.807) is 21.3 Å². The van der Waals surface area contributed by atoms with Gasteiger partial charge < -0.3 is 24.8 Å². The van der Waals surface area contributed by atoms with Crippen molar-refractivity contribution in [3.05, 3.63) is 23.8 Å². The van der Waals surface area contributed by atoms with Crippen LogP contribution in [0.25, 0.3) is 0 Å². The summed E-state index contributed by atoms with van der Waals surface area (Å²) in [5.74, 6) is 2.39. The largest absolute Gasteiger partial charge is 0.497 e. The summed E-state index contributed by atoms with van der Waals surface area (Å²) in [5, 5.41) is 6.88. The molecule has 0 spiro atoms. The highest BCUT2D eigenvalue weighted by Crippen LogP contribution is 2.29. The van der Waals surface area contributed by atoms with Gasteiger partial charge in [-0.15, -0.1) is 24.0 Å². The van der Waals surface area contributed by atoms with Crippen molar-refractivity contribution in [2.75, 3.05) is 47.6 Å². The molecule has 1 heterocycles. The van der Waals surface area contributed by atoms with Crippen LogP contribution in [0.15, 0.2) is 23.2 Å². The number of halogens is 1. The molecule has 1 aromatic carbocycles. The van der Waals surface area contributed by atoms with Gasteiger partial charge in [-0.3, -0.25) is 9.89 Å². The third-order valence-electron chi connectivity index (χ3n) is 5.03. The summed E-state index contributed by atoms with van der Waals surface area (Å²) < 4.78 is 16.4. The fraction of sp³-hybridized carbons (Fsp3) is 0.650. The Bertz CT molecular complexity index is 629. The molecule has 7 nitrogen and oxygen atoms in total. The molecule has 1 aromatic rings. The number of morpholine rings is 1. The Morgan fingerprint density at radius 1 is 1.32 bits per heavy atom. The van der Waals surface area contributed by atoms with Gasteiger partial charge in [0.05, 0.1) is 33.5 Å². The van der Waals surface area contributed by atoms with Crippen LogP contribution in [0.4, 0.5) is 0 Å². The quantitative estimate of drug-likeness (QED) is 0.337. The van der Waals surface area contributed by atoms with Crippen molar-refractivity contribution in [3.63, 3.8) is 0 Å². The Kier molecular flexibility index (Phi) is 10.9. The molecule has 1 aliphatic rings. The number of nitrogens with one attached hydrogen (secondary N) is 2. The minimum absolute atomic E-state index is 0. The molecular formula is C20H35IN4O3. The number of ether oxygens (including phenoxy) is 3. The second-order valence-corrected chi connectivity index (χ2v) is 6.94. The molecule has 0 saturated carbocycles. The van der Waals surface area contributed by atoms with Gasteiger partial charge >= 0.3 is 0 Å². The van der Waals surface area contributed by atoms with E-state index in [0.717, 1.165) is 49.3 Å². The summed E-state index contributed by atoms with van der Waals surface area (Å²) >= 11 is 0. The SMILES string of the molecule is CN=C(NCC(C)N1CCOCC1C)NC(C)c1cc(OC)ccc1OC.I. The van der Waals surface area contributed by atoms with Crippen LogP contribution in [0.3, 0.4) is 0 Å². The Morgan fingerprint density at radius 3 is 2.68 bits per heavy atom. The molecule has 28 heavy (non-hydrogen) atoms. The van der Waals surface area contributed by atoms with Crippen LogP contribution >= 0.6 is 24.0 Å². The van der Waals surface area contributed by atoms with Crippen LogP contribution in [0.2, 0.25) is 0 Å². The molecule has 160 valence electrons. The molecule has 1 fully saturated rings. The predicted octanol–water partition coefficient (Wildman–Crippen LogP) is 2.66. The molecule has 2 N–H and O–H groups in total. The zero-order valence-corrected chi connectivity index (χ0v) is 20.2. The van der Waals surface area contributed by atoms with Gasteiger partial charge in [-0.25, -0.2) is 0 Å². The fourth-order valence-electron chi connectivity index (χ4n) is 3.41. The molecule has 3 atom stereocenters. The first kappa shape index (κ1) is 24.8. The van der Waals surface area contributed by atoms with Gasteiger partial charge in [-0.05, 0) is 39.0 Å². The highest BCUT2D eigenvalue weighted by atomic mass is 127. The van der Waals surface area contributed by atoms with E-state index in [1.807, 2.05) is 18.2 Å². The van der Waals surface area contributed by atoms with E-state index < -0.39 is 0 Å². The van der Waals surface area contributed by atoms with E-state index in [2.05, 4.69) is 41.3 Å². The van der Waals surface area contributed by atoms with Crippen molar-refractivity contribution in [2.24, 2.45) is 4.99 Å². The van der Waals surface area contributed by atoms with Gasteiger partial charge in [0.1, 0.15) is 11.5 Å². The third kappa shape index (κ3) is 6.66. The van der Waals surface area contributed by atoms with E-state index >= 15 is 0 Å². The van der Waals surface area contributed by atoms with E-state index in [-0.39, 0.29) is 30.0 Å². The Morgan fingerprint density at radius 2 is 2.07 bits per heavy atom. The number of aliphatic imine (C=N–C) groups is 1. The molecule has 0 aliphatic carbocycles. The summed E-state index contributed by atoms with van der Waals surface area (Å²) in [7, 11) is 5.13. The van der Waals surface area contributed by atoms with Gasteiger partial charge in [-0.1, -0.05) is 0 Å². The zero-order valence-electron chi connectivity index (χ0n) is 17.8. The number of rotatable bonds is 7. The monoisotopic (exact) mass is 506 g/mol. The maximum atomic E-state index is 5.53. The molecular weight excluding hydrogens is 471 g/mol. The summed E-state index contributed by atoms with van der Waals surface area (Å²) in [6.45, 7) is 9.89. The number of methoxy groups -OCH3 is 2. The lowest BCUT2D eigenvalue weighted by Crippen LogP contribution is -2.53. The molecule has 1 aliphatic heterocycles. The third-order valence-corrected chi connectivity index (χ3v) is 5.03. The molecule has 8 heteroatoms. The summed E-state index contributed by atoms with van der Waals surface area (Å²) in [6.07, 6.45) is 0. The van der Waals surface area contributed by atoms with Gasteiger partial charge in [0, 0.05) is 37.8 Å². The molecule has 0 amide bonds. The number of hydrogen-bond acceptors (Lipinski definition) is 5. The van der Waals surface area contributed by atoms with E-state index in [0.29, 0.717) is 12.1 Å². The van der Waals surface area contributed by atoms with Crippen molar-refractivity contribution in [3.8, 4) is 11.5 Å². The first-order chi connectivity index (χ1) is 13.0. The fourth-order valence-corrected chi connectivity index (χ4v) is 3.41. The first-order valence-electron chi connectivity index (χ1n) is 9.52. The summed E-state index contributed by atoms with van der Waals surface area (Å²) in [4.78, 5) is 6.84. The Balaban J connectivity index is 0.00000392. The highest BCUT2D eigenvalue weighted by molar-refractivity contribution is 14.0. The molecule has 1 saturated heterocycles. The van der Waals surface area contributed by atoms with Crippen LogP contribution < -0.4 is 20.1 Å². The van der Waals surface area contributed by atoms with E-state index in [9.17, 15) is 0 Å². The minimum Gasteiger partial charge on any atom is -0.497 e. The molecule has 0 radical (unpaired) electrons. The standard InChI is InChI=1S/C20H34N4O3.HI/c1-14(24-9-10-27-13-15(24)2)12-22-20(21-4)23-16(3)18-11-17(25-5)7-8-19(18)26-6;/h7-8,11,14-16H,9-10,12-13H2,1-6H3,(H2,21,22,23);1H. The topological polar surface area (TPSA) is 67.4 Å². The van der Waals surface area contributed by atoms with Crippen molar-refractivity contribution < 1.29 is 14.2 Å². The average molecular weight is 506 g/mol. The molecule has 3 unspecified atom stereocenters. The highest BCUT2D eigenvalue weighted by Gasteiger charge is 2.24. The Hall–Kier alpha value is -1.26. The van der Waals surface area contributed by atoms with E-state index in [1.165, 1.54) is 0 Å². The van der Waals surface area contributed by atoms with Crippen molar-refractivity contribution in [1.82, 2.24) is 15.5 Å². The normalized spacial score (nSPS) is 19.9. The van der Waals surface area contributed by atoms with Gasteiger partial charge in [-0.2, -0.15) is 0 Å². The maximum absolute atomic E-state index is 5.53. The zero-order chi connectivity index (χ0) is 19.8. The lowest BCUT2D eigenvalue weighted by Gasteiger charge is -2.38. The van der Waals surface area contributed by atoms with Crippen LogP contribution in [0.5, 0.6) is 11.5 Å². The number of hydrogen-bond donors (Lipinski definition) is 2. The number of guanidine groups is 1. The van der Waals surface area contributed by atoms with Crippen LogP contribution in [0, 0.1) is 0 Å². The van der Waals surface area contributed by atoms with Crippen molar-refractivity contribution in [1.29, 1.82) is 0 Å². The van der Waals surface area contributed by atoms with Crippen LogP contribution in [0.1, 0.15) is 32.4 Å². The maximum Gasteiger partial charge on any atom is 0.191 e. The van der Waals surface area contributed by atoms with Crippen LogP contribution in [-0.4, -0.2) is 70.5 Å². The van der Waals surface area contributed by atoms with Gasteiger partial charge in [0.15, 0.2) is 5.96 Å². The summed E-state index contributed by atoms with van der Waals surface area (Å²) in [6, 6.07) is 6.65. The molecule has 0 aromatic heterocycles. The smallest absolute Gasteiger partial charge is 0.191 e. The first-order valence-corrected chi connectivity index (χ1v) is 9.52. The average Bonchev–Trinajstić information content (AvgIpc) is 2.70. The van der Waals surface area contributed by atoms with Crippen molar-refractivity contribution in [2.45, 2.75) is 38.9 Å². The lowest BCUT2D eigenvalue weighted by atomic mass is 10.1. The molecule has 0 bridgehead atoms. The minimum atomic E-state index is 0.